The van der Waals surface area contributed by atoms with E-state index in [0.29, 0.717) is 17.0 Å². The second-order valence-electron chi connectivity index (χ2n) is 5.30. The van der Waals surface area contributed by atoms with Crippen molar-refractivity contribution in [3.8, 4) is 5.88 Å². The molecule has 1 aromatic carbocycles. The van der Waals surface area contributed by atoms with Crippen LogP contribution < -0.4 is 9.30 Å². The zero-order valence-corrected chi connectivity index (χ0v) is 15.0. The molecule has 0 bridgehead atoms. The predicted molar refractivity (Wildman–Crippen MR) is 85.8 cm³/mol. The van der Waals surface area contributed by atoms with Crippen LogP contribution in [0.4, 0.5) is 13.2 Å². The number of hydrogen-bond donors (Lipinski definition) is 1. The predicted octanol–water partition coefficient (Wildman–Crippen LogP) is 2.15. The minimum absolute atomic E-state index is 0.236. The number of halogens is 3. The third-order valence-electron chi connectivity index (χ3n) is 3.16. The van der Waals surface area contributed by atoms with Crippen molar-refractivity contribution >= 4 is 16.1 Å². The van der Waals surface area contributed by atoms with E-state index in [9.17, 15) is 23.1 Å². The monoisotopic (exact) mass is 407 g/mol. The molecule has 27 heavy (non-hydrogen) atoms. The average Bonchev–Trinajstić information content (AvgIpc) is 2.53. The van der Waals surface area contributed by atoms with Crippen LogP contribution in [0.5, 0.6) is 5.88 Å². The lowest BCUT2D eigenvalue weighted by molar-refractivity contribution is -0.677. The number of aromatic carboxylic acids is 1. The molecule has 1 N–H and O–H groups in total. The first-order chi connectivity index (χ1) is 12.3. The summed E-state index contributed by atoms with van der Waals surface area (Å²) in [5, 5.41) is 9.18. The Bertz CT molecular complexity index is 913. The molecule has 0 atom stereocenters. The highest BCUT2D eigenvalue weighted by atomic mass is 32.2. The first-order valence-corrected chi connectivity index (χ1v) is 8.66. The maximum absolute atomic E-state index is 11.2. The van der Waals surface area contributed by atoms with Crippen LogP contribution in [0.15, 0.2) is 42.6 Å². The number of alkyl halides is 3. The molecule has 0 unspecified atom stereocenters. The van der Waals surface area contributed by atoms with E-state index in [0.717, 1.165) is 5.56 Å². The molecule has 1 heterocycles. The minimum atomic E-state index is -6.09. The van der Waals surface area contributed by atoms with Gasteiger partial charge >= 0.3 is 17.4 Å². The van der Waals surface area contributed by atoms with Crippen LogP contribution in [-0.2, 0) is 23.8 Å². The fourth-order valence-electron chi connectivity index (χ4n) is 1.82. The van der Waals surface area contributed by atoms with Crippen molar-refractivity contribution in [1.82, 2.24) is 0 Å². The Morgan fingerprint density at radius 2 is 1.85 bits per heavy atom. The van der Waals surface area contributed by atoms with Crippen LogP contribution in [0.1, 0.15) is 21.5 Å². The molecule has 2 aromatic rings. The zero-order chi connectivity index (χ0) is 20.8. The number of nitrogens with zero attached hydrogens (tertiary/aromatic N) is 1. The van der Waals surface area contributed by atoms with E-state index in [1.807, 2.05) is 49.0 Å². The number of ether oxygens (including phenoxy) is 1. The van der Waals surface area contributed by atoms with Gasteiger partial charge in [0.15, 0.2) is 16.3 Å². The number of rotatable bonds is 4. The normalized spacial score (nSPS) is 11.3. The first-order valence-electron chi connectivity index (χ1n) is 7.25. The lowest BCUT2D eigenvalue weighted by Crippen LogP contribution is -2.29. The minimum Gasteiger partial charge on any atom is -0.741 e. The van der Waals surface area contributed by atoms with Gasteiger partial charge in [-0.25, -0.2) is 13.2 Å². The van der Waals surface area contributed by atoms with Crippen LogP contribution in [-0.4, -0.2) is 29.6 Å². The number of carboxylic acids is 1. The van der Waals surface area contributed by atoms with Gasteiger partial charge in [0.2, 0.25) is 0 Å². The summed E-state index contributed by atoms with van der Waals surface area (Å²) in [5.74, 6) is -0.237. The average molecular weight is 407 g/mol. The molecular formula is C16H16F3NO6S. The summed E-state index contributed by atoms with van der Waals surface area (Å²) in [4.78, 5) is 11.2. The standard InChI is InChI=1S/C15H15NO3.CHF3O3S/c1-11-6-7-12(13(9-11)15(17)18)10-19-14-5-3-4-8-16(14)2;2-1(3,4)8(5,6)7/h3-9H,10H2,1-2H3;(H,5,6,7). The van der Waals surface area contributed by atoms with Crippen molar-refractivity contribution in [2.75, 3.05) is 0 Å². The van der Waals surface area contributed by atoms with Crippen LogP contribution in [0, 0.1) is 6.92 Å². The lowest BCUT2D eigenvalue weighted by Gasteiger charge is -2.08. The number of benzene rings is 1. The molecule has 0 saturated carbocycles. The molecule has 11 heteroatoms. The highest BCUT2D eigenvalue weighted by molar-refractivity contribution is 7.86. The number of carboxylic acid groups (broad SMARTS) is 1. The van der Waals surface area contributed by atoms with E-state index >= 15 is 0 Å². The van der Waals surface area contributed by atoms with Crippen LogP contribution in [0.3, 0.4) is 0 Å². The van der Waals surface area contributed by atoms with E-state index in [1.54, 1.807) is 12.1 Å². The largest absolute Gasteiger partial charge is 0.741 e. The highest BCUT2D eigenvalue weighted by Gasteiger charge is 2.36. The SMILES string of the molecule is Cc1ccc(COc2cccc[n+]2C)c(C(=O)O)c1.O=S(=O)([O-])C(F)(F)F. The summed E-state index contributed by atoms with van der Waals surface area (Å²) in [6.07, 6.45) is 1.88. The van der Waals surface area contributed by atoms with Crippen molar-refractivity contribution in [3.05, 3.63) is 59.3 Å². The molecular weight excluding hydrogens is 391 g/mol. The van der Waals surface area contributed by atoms with Gasteiger partial charge in [-0.3, -0.25) is 0 Å². The molecule has 0 radical (unpaired) electrons. The molecule has 7 nitrogen and oxygen atoms in total. The number of carbonyl (C=O) groups is 1. The fraction of sp³-hybridized carbons (Fsp3) is 0.250. The third-order valence-corrected chi connectivity index (χ3v) is 3.73. The molecule has 0 aliphatic rings. The van der Waals surface area contributed by atoms with Gasteiger partial charge in [0, 0.05) is 11.6 Å². The molecule has 148 valence electrons. The Labute approximate surface area is 153 Å². The van der Waals surface area contributed by atoms with Crippen LogP contribution in [0.25, 0.3) is 0 Å². The summed E-state index contributed by atoms with van der Waals surface area (Å²) in [6.45, 7) is 2.11. The molecule has 0 aliphatic carbocycles. The van der Waals surface area contributed by atoms with E-state index in [-0.39, 0.29) is 6.61 Å². The van der Waals surface area contributed by atoms with Crippen LogP contribution >= 0.6 is 0 Å². The van der Waals surface area contributed by atoms with Gasteiger partial charge in [-0.2, -0.15) is 17.7 Å². The topological polar surface area (TPSA) is 108 Å². The van der Waals surface area contributed by atoms with E-state index < -0.39 is 21.6 Å². The van der Waals surface area contributed by atoms with Crippen molar-refractivity contribution in [2.45, 2.75) is 19.0 Å². The fourth-order valence-corrected chi connectivity index (χ4v) is 1.82. The van der Waals surface area contributed by atoms with E-state index in [1.165, 1.54) is 0 Å². The maximum atomic E-state index is 11.2. The summed E-state index contributed by atoms with van der Waals surface area (Å²) in [7, 11) is -4.21. The van der Waals surface area contributed by atoms with Gasteiger partial charge in [-0.1, -0.05) is 17.7 Å². The summed E-state index contributed by atoms with van der Waals surface area (Å²) in [5.41, 5.74) is -3.76. The van der Waals surface area contributed by atoms with Gasteiger partial charge in [-0.15, -0.1) is 0 Å². The molecule has 1 aromatic heterocycles. The number of aromatic nitrogens is 1. The molecule has 0 spiro atoms. The number of pyridine rings is 1. The lowest BCUT2D eigenvalue weighted by atomic mass is 10.1. The molecule has 0 amide bonds. The Morgan fingerprint density at radius 3 is 2.33 bits per heavy atom. The van der Waals surface area contributed by atoms with E-state index in [2.05, 4.69) is 0 Å². The number of hydrogen-bond acceptors (Lipinski definition) is 5. The smallest absolute Gasteiger partial charge is 0.485 e. The molecule has 0 fully saturated rings. The molecule has 0 aliphatic heterocycles. The van der Waals surface area contributed by atoms with Crippen molar-refractivity contribution in [3.63, 3.8) is 0 Å². The second-order valence-corrected chi connectivity index (χ2v) is 6.68. The van der Waals surface area contributed by atoms with Crippen molar-refractivity contribution in [2.24, 2.45) is 7.05 Å². The van der Waals surface area contributed by atoms with Gasteiger partial charge < -0.3 is 14.4 Å². The quantitative estimate of drug-likeness (QED) is 0.473. The summed E-state index contributed by atoms with van der Waals surface area (Å²) in [6, 6.07) is 11.0. The number of aryl methyl sites for hydroxylation is 2. The Balaban J connectivity index is 0.000000387. The summed E-state index contributed by atoms with van der Waals surface area (Å²) < 4.78 is 66.4. The second kappa shape index (κ2) is 8.82. The Hall–Kier alpha value is -2.66. The third kappa shape index (κ3) is 6.87. The van der Waals surface area contributed by atoms with Crippen LogP contribution in [0.2, 0.25) is 0 Å². The molecule has 0 saturated heterocycles. The van der Waals surface area contributed by atoms with E-state index in [4.69, 9.17) is 17.7 Å². The Kier molecular flexibility index (Phi) is 7.31. The van der Waals surface area contributed by atoms with Gasteiger partial charge in [0.05, 0.1) is 11.6 Å². The van der Waals surface area contributed by atoms with Crippen molar-refractivity contribution in [1.29, 1.82) is 0 Å². The highest BCUT2D eigenvalue weighted by Crippen LogP contribution is 2.20. The van der Waals surface area contributed by atoms with Crippen molar-refractivity contribution < 1.29 is 45.3 Å². The zero-order valence-electron chi connectivity index (χ0n) is 14.2. The molecule has 2 rings (SSSR count). The Morgan fingerprint density at radius 1 is 1.26 bits per heavy atom. The van der Waals surface area contributed by atoms with Gasteiger partial charge in [0.1, 0.15) is 13.7 Å². The summed E-state index contributed by atoms with van der Waals surface area (Å²) >= 11 is 0. The first kappa shape index (κ1) is 22.4. The maximum Gasteiger partial charge on any atom is 0.485 e. The van der Waals surface area contributed by atoms with Gasteiger partial charge in [0.25, 0.3) is 0 Å². The van der Waals surface area contributed by atoms with Gasteiger partial charge in [-0.05, 0) is 19.1 Å².